The zero-order valence-corrected chi connectivity index (χ0v) is 19.6. The number of hydrogen-bond acceptors (Lipinski definition) is 6. The second kappa shape index (κ2) is 9.12. The number of hydrogen-bond donors (Lipinski definition) is 1. The molecule has 1 aromatic carbocycles. The number of phenolic OH excluding ortho intramolecular Hbond substituents is 1. The molecule has 1 saturated heterocycles. The summed E-state index contributed by atoms with van der Waals surface area (Å²) in [5.74, 6) is 0.0427. The Balaban J connectivity index is 1.31. The molecule has 8 heteroatoms. The van der Waals surface area contributed by atoms with Crippen LogP contribution in [0.25, 0.3) is 28.0 Å². The van der Waals surface area contributed by atoms with Crippen molar-refractivity contribution >= 4 is 5.65 Å². The van der Waals surface area contributed by atoms with Gasteiger partial charge in [-0.3, -0.25) is 4.90 Å². The second-order valence-corrected chi connectivity index (χ2v) is 9.05. The van der Waals surface area contributed by atoms with Gasteiger partial charge in [-0.1, -0.05) is 6.07 Å². The maximum absolute atomic E-state index is 14.5. The van der Waals surface area contributed by atoms with Crippen LogP contribution in [0.2, 0.25) is 0 Å². The number of aromatic hydroxyl groups is 1. The Hall–Kier alpha value is -3.36. The number of aromatic nitrogens is 4. The molecule has 0 bridgehead atoms. The van der Waals surface area contributed by atoms with Crippen molar-refractivity contribution in [2.75, 3.05) is 26.8 Å². The standard InChI is InChI=1S/C26H28FN5O2/c1-16-12-32-13-19(10-22(27)26(32)28-16)18-4-5-21(25(33)11-18)24-7-6-23(29-30-24)20-14-31(15-20)17(2)8-9-34-3/h4-7,10-13,17,20,33H,8-9,14-15H2,1-3H3. The topological polar surface area (TPSA) is 75.8 Å². The quantitative estimate of drug-likeness (QED) is 0.439. The number of benzene rings is 1. The first-order chi connectivity index (χ1) is 16.4. The monoisotopic (exact) mass is 461 g/mol. The lowest BCUT2D eigenvalue weighted by atomic mass is 9.93. The van der Waals surface area contributed by atoms with E-state index in [4.69, 9.17) is 4.74 Å². The van der Waals surface area contributed by atoms with Gasteiger partial charge in [-0.15, -0.1) is 0 Å². The van der Waals surface area contributed by atoms with Crippen LogP contribution < -0.4 is 0 Å². The molecule has 4 aromatic rings. The van der Waals surface area contributed by atoms with Gasteiger partial charge in [0, 0.05) is 62.3 Å². The summed E-state index contributed by atoms with van der Waals surface area (Å²) >= 11 is 0. The molecule has 7 nitrogen and oxygen atoms in total. The zero-order chi connectivity index (χ0) is 23.8. The van der Waals surface area contributed by atoms with Gasteiger partial charge in [-0.25, -0.2) is 9.37 Å². The number of nitrogens with zero attached hydrogens (tertiary/aromatic N) is 5. The molecule has 34 heavy (non-hydrogen) atoms. The third-order valence-corrected chi connectivity index (χ3v) is 6.61. The number of rotatable bonds is 7. The molecule has 0 aliphatic carbocycles. The number of halogens is 1. The second-order valence-electron chi connectivity index (χ2n) is 9.05. The predicted octanol–water partition coefficient (Wildman–Crippen LogP) is 4.44. The molecule has 0 saturated carbocycles. The van der Waals surface area contributed by atoms with Gasteiger partial charge >= 0.3 is 0 Å². The van der Waals surface area contributed by atoms with Crippen LogP contribution in [-0.4, -0.2) is 62.4 Å². The Morgan fingerprint density at radius 2 is 1.94 bits per heavy atom. The molecular weight excluding hydrogens is 433 g/mol. The molecule has 176 valence electrons. The average Bonchev–Trinajstić information content (AvgIpc) is 3.18. The fraction of sp³-hybridized carbons (Fsp3) is 0.346. The fourth-order valence-corrected chi connectivity index (χ4v) is 4.50. The van der Waals surface area contributed by atoms with Gasteiger partial charge in [0.05, 0.1) is 17.1 Å². The lowest BCUT2D eigenvalue weighted by molar-refractivity contribution is 0.0734. The summed E-state index contributed by atoms with van der Waals surface area (Å²) in [5.41, 5.74) is 4.54. The third-order valence-electron chi connectivity index (χ3n) is 6.61. The van der Waals surface area contributed by atoms with E-state index in [9.17, 15) is 9.50 Å². The Kier molecular flexibility index (Phi) is 6.02. The maximum Gasteiger partial charge on any atom is 0.173 e. The molecule has 0 radical (unpaired) electrons. The molecule has 5 rings (SSSR count). The number of ether oxygens (including phenoxy) is 1. The molecule has 0 amide bonds. The average molecular weight is 462 g/mol. The maximum atomic E-state index is 14.5. The van der Waals surface area contributed by atoms with E-state index in [1.807, 2.05) is 25.1 Å². The molecule has 4 heterocycles. The Morgan fingerprint density at radius 1 is 1.12 bits per heavy atom. The molecule has 1 fully saturated rings. The summed E-state index contributed by atoms with van der Waals surface area (Å²) in [5, 5.41) is 19.5. The van der Waals surface area contributed by atoms with E-state index in [0.717, 1.165) is 37.5 Å². The van der Waals surface area contributed by atoms with Crippen molar-refractivity contribution in [3.63, 3.8) is 0 Å². The number of phenols is 1. The van der Waals surface area contributed by atoms with E-state index in [2.05, 4.69) is 27.0 Å². The van der Waals surface area contributed by atoms with Crippen molar-refractivity contribution in [3.8, 4) is 28.1 Å². The number of pyridine rings is 1. The Bertz CT molecular complexity index is 1320. The van der Waals surface area contributed by atoms with E-state index in [1.165, 1.54) is 6.07 Å². The summed E-state index contributed by atoms with van der Waals surface area (Å²) in [4.78, 5) is 6.61. The van der Waals surface area contributed by atoms with Crippen LogP contribution >= 0.6 is 0 Å². The van der Waals surface area contributed by atoms with Gasteiger partial charge in [0.25, 0.3) is 0 Å². The zero-order valence-electron chi connectivity index (χ0n) is 19.6. The number of methoxy groups -OCH3 is 1. The summed E-state index contributed by atoms with van der Waals surface area (Å²) < 4.78 is 21.3. The predicted molar refractivity (Wildman–Crippen MR) is 128 cm³/mol. The van der Waals surface area contributed by atoms with Crippen LogP contribution in [0.4, 0.5) is 4.39 Å². The first-order valence-electron chi connectivity index (χ1n) is 11.5. The van der Waals surface area contributed by atoms with Crippen LogP contribution in [0.5, 0.6) is 5.75 Å². The van der Waals surface area contributed by atoms with Crippen molar-refractivity contribution in [1.29, 1.82) is 0 Å². The Morgan fingerprint density at radius 3 is 2.65 bits per heavy atom. The molecular formula is C26H28FN5O2. The SMILES string of the molecule is COCCC(C)N1CC(c2ccc(-c3ccc(-c4cc(F)c5nc(C)cn5c4)cc3O)nn2)C1. The molecule has 1 aliphatic heterocycles. The number of imidazole rings is 1. The van der Waals surface area contributed by atoms with Crippen molar-refractivity contribution < 1.29 is 14.2 Å². The van der Waals surface area contributed by atoms with Crippen molar-refractivity contribution in [1.82, 2.24) is 24.5 Å². The normalized spacial score (nSPS) is 15.5. The van der Waals surface area contributed by atoms with E-state index in [0.29, 0.717) is 34.3 Å². The summed E-state index contributed by atoms with van der Waals surface area (Å²) in [6, 6.07) is 11.1. The van der Waals surface area contributed by atoms with Crippen LogP contribution in [-0.2, 0) is 4.74 Å². The van der Waals surface area contributed by atoms with Gasteiger partial charge in [0.15, 0.2) is 11.5 Å². The lowest BCUT2D eigenvalue weighted by Crippen LogP contribution is -2.50. The summed E-state index contributed by atoms with van der Waals surface area (Å²) in [6.07, 6.45) is 4.60. The molecule has 1 atom stereocenters. The highest BCUT2D eigenvalue weighted by molar-refractivity contribution is 5.74. The van der Waals surface area contributed by atoms with E-state index >= 15 is 0 Å². The Labute approximate surface area is 197 Å². The first-order valence-corrected chi connectivity index (χ1v) is 11.5. The highest BCUT2D eigenvalue weighted by Gasteiger charge is 2.32. The van der Waals surface area contributed by atoms with E-state index in [-0.39, 0.29) is 11.4 Å². The van der Waals surface area contributed by atoms with Crippen molar-refractivity contribution in [3.05, 3.63) is 66.0 Å². The third kappa shape index (κ3) is 4.26. The molecule has 1 aliphatic rings. The van der Waals surface area contributed by atoms with Crippen LogP contribution in [0.3, 0.4) is 0 Å². The van der Waals surface area contributed by atoms with Crippen molar-refractivity contribution in [2.45, 2.75) is 32.2 Å². The minimum atomic E-state index is -0.404. The summed E-state index contributed by atoms with van der Waals surface area (Å²) in [7, 11) is 1.73. The van der Waals surface area contributed by atoms with Crippen LogP contribution in [0.15, 0.2) is 48.8 Å². The first kappa shape index (κ1) is 22.4. The summed E-state index contributed by atoms with van der Waals surface area (Å²) in [6.45, 7) is 6.75. The highest BCUT2D eigenvalue weighted by Crippen LogP contribution is 2.34. The minimum absolute atomic E-state index is 0.0728. The van der Waals surface area contributed by atoms with Gasteiger partial charge in [0.2, 0.25) is 0 Å². The smallest absolute Gasteiger partial charge is 0.173 e. The minimum Gasteiger partial charge on any atom is -0.507 e. The van der Waals surface area contributed by atoms with Crippen LogP contribution in [0, 0.1) is 12.7 Å². The highest BCUT2D eigenvalue weighted by atomic mass is 19.1. The fourth-order valence-electron chi connectivity index (χ4n) is 4.50. The molecule has 0 spiro atoms. The van der Waals surface area contributed by atoms with E-state index in [1.54, 1.807) is 36.0 Å². The van der Waals surface area contributed by atoms with Gasteiger partial charge in [0.1, 0.15) is 5.75 Å². The van der Waals surface area contributed by atoms with Gasteiger partial charge < -0.3 is 14.2 Å². The van der Waals surface area contributed by atoms with E-state index < -0.39 is 5.82 Å². The largest absolute Gasteiger partial charge is 0.507 e. The molecule has 1 unspecified atom stereocenters. The van der Waals surface area contributed by atoms with Gasteiger partial charge in [-0.2, -0.15) is 10.2 Å². The van der Waals surface area contributed by atoms with Crippen molar-refractivity contribution in [2.24, 2.45) is 0 Å². The molecule has 1 N–H and O–H groups in total. The number of fused-ring (bicyclic) bond motifs is 1. The number of aryl methyl sites for hydroxylation is 1. The number of likely N-dealkylation sites (tertiary alicyclic amines) is 1. The lowest BCUT2D eigenvalue weighted by Gasteiger charge is -2.42. The van der Waals surface area contributed by atoms with Crippen LogP contribution in [0.1, 0.15) is 30.7 Å². The molecule has 3 aromatic heterocycles. The van der Waals surface area contributed by atoms with Gasteiger partial charge in [-0.05, 0) is 56.2 Å².